The summed E-state index contributed by atoms with van der Waals surface area (Å²) in [6, 6.07) is 39.6. The van der Waals surface area contributed by atoms with E-state index in [0.29, 0.717) is 35.3 Å². The topological polar surface area (TPSA) is 136 Å². The van der Waals surface area contributed by atoms with Crippen LogP contribution >= 0.6 is 0 Å². The number of likely N-dealkylation sites (tertiary alicyclic amines) is 1. The van der Waals surface area contributed by atoms with E-state index in [9.17, 15) is 19.8 Å². The van der Waals surface area contributed by atoms with E-state index in [0.717, 1.165) is 59.6 Å². The lowest BCUT2D eigenvalue weighted by molar-refractivity contribution is 0.0565. The number of carbonyl (C=O) groups excluding carboxylic acids is 1. The Morgan fingerprint density at radius 2 is 1.49 bits per heavy atom. The number of benzene rings is 5. The van der Waals surface area contributed by atoms with Crippen LogP contribution in [0.2, 0.25) is 0 Å². The molecule has 0 radical (unpaired) electrons. The van der Waals surface area contributed by atoms with Crippen LogP contribution in [0, 0.1) is 0 Å². The summed E-state index contributed by atoms with van der Waals surface area (Å²) in [6.45, 7) is 2.94. The second kappa shape index (κ2) is 16.6. The fourth-order valence-corrected chi connectivity index (χ4v) is 6.78. The van der Waals surface area contributed by atoms with Crippen LogP contribution in [-0.4, -0.2) is 51.9 Å². The number of anilines is 1. The molecular formula is C43H42N4O6. The summed E-state index contributed by atoms with van der Waals surface area (Å²) in [4.78, 5) is 29.7. The van der Waals surface area contributed by atoms with Crippen LogP contribution < -0.4 is 20.9 Å². The van der Waals surface area contributed by atoms with Gasteiger partial charge in [0.15, 0.2) is 0 Å². The first-order valence-corrected chi connectivity index (χ1v) is 17.8. The van der Waals surface area contributed by atoms with Crippen molar-refractivity contribution in [2.45, 2.75) is 38.1 Å². The van der Waals surface area contributed by atoms with Crippen molar-refractivity contribution in [1.82, 2.24) is 15.2 Å². The Labute approximate surface area is 307 Å². The van der Waals surface area contributed by atoms with E-state index in [-0.39, 0.29) is 24.0 Å². The highest BCUT2D eigenvalue weighted by molar-refractivity contribution is 5.91. The molecule has 5 aromatic carbocycles. The monoisotopic (exact) mass is 710 g/mol. The van der Waals surface area contributed by atoms with Crippen molar-refractivity contribution in [3.8, 4) is 28.4 Å². The summed E-state index contributed by atoms with van der Waals surface area (Å²) >= 11 is 0. The van der Waals surface area contributed by atoms with Crippen LogP contribution in [0.5, 0.6) is 17.2 Å². The zero-order valence-corrected chi connectivity index (χ0v) is 29.2. The number of piperidine rings is 1. The van der Waals surface area contributed by atoms with Crippen LogP contribution in [0.3, 0.4) is 0 Å². The number of H-pyrrole nitrogens is 1. The number of ether oxygens (including phenoxy) is 2. The fraction of sp³-hybridized carbons (Fsp3) is 0.209. The predicted octanol–water partition coefficient (Wildman–Crippen LogP) is 7.73. The number of rotatable bonds is 12. The molecule has 0 unspecified atom stereocenters. The number of phenolic OH excluding ortho intramolecular Hbond substituents is 1. The third kappa shape index (κ3) is 8.75. The van der Waals surface area contributed by atoms with Gasteiger partial charge in [-0.25, -0.2) is 4.79 Å². The lowest BCUT2D eigenvalue weighted by Crippen LogP contribution is -2.38. The molecule has 53 heavy (non-hydrogen) atoms. The van der Waals surface area contributed by atoms with Crippen molar-refractivity contribution in [3.63, 3.8) is 0 Å². The van der Waals surface area contributed by atoms with Gasteiger partial charge in [0.25, 0.3) is 0 Å². The summed E-state index contributed by atoms with van der Waals surface area (Å²) < 4.78 is 12.4. The first kappa shape index (κ1) is 35.5. The van der Waals surface area contributed by atoms with Crippen molar-refractivity contribution in [3.05, 3.63) is 154 Å². The van der Waals surface area contributed by atoms with Crippen LogP contribution in [0.1, 0.15) is 35.6 Å². The summed E-state index contributed by atoms with van der Waals surface area (Å²) in [5.41, 5.74) is 5.24. The summed E-state index contributed by atoms with van der Waals surface area (Å²) in [7, 11) is 0. The number of nitrogens with one attached hydrogen (secondary N) is 3. The van der Waals surface area contributed by atoms with Gasteiger partial charge in [-0.05, 0) is 54.3 Å². The molecule has 5 N–H and O–H groups in total. The van der Waals surface area contributed by atoms with Crippen molar-refractivity contribution in [2.75, 3.05) is 25.0 Å². The van der Waals surface area contributed by atoms with Crippen LogP contribution in [-0.2, 0) is 17.8 Å². The van der Waals surface area contributed by atoms with Crippen molar-refractivity contribution in [2.24, 2.45) is 0 Å². The molecule has 1 saturated heterocycles. The Balaban J connectivity index is 0.923. The van der Waals surface area contributed by atoms with Gasteiger partial charge in [-0.15, -0.1) is 0 Å². The third-order valence-electron chi connectivity index (χ3n) is 9.53. The molecule has 10 heteroatoms. The Morgan fingerprint density at radius 3 is 2.28 bits per heavy atom. The minimum Gasteiger partial charge on any atom is -0.506 e. The third-order valence-corrected chi connectivity index (χ3v) is 9.53. The number of hydrogen-bond acceptors (Lipinski definition) is 8. The normalized spacial score (nSPS) is 14.1. The van der Waals surface area contributed by atoms with E-state index in [4.69, 9.17) is 9.47 Å². The number of fused-ring (bicyclic) bond motifs is 1. The van der Waals surface area contributed by atoms with Crippen molar-refractivity contribution >= 4 is 22.7 Å². The van der Waals surface area contributed by atoms with Crippen molar-refractivity contribution < 1.29 is 24.5 Å². The number of aromatic amines is 1. The number of amides is 1. The molecule has 0 aliphatic carbocycles. The van der Waals surface area contributed by atoms with Crippen LogP contribution in [0.25, 0.3) is 22.0 Å². The number of pyridine rings is 1. The number of hydrogen-bond donors (Lipinski definition) is 5. The summed E-state index contributed by atoms with van der Waals surface area (Å²) in [6.07, 6.45) is -0.0293. The van der Waals surface area contributed by atoms with Gasteiger partial charge in [-0.3, -0.25) is 15.0 Å². The predicted molar refractivity (Wildman–Crippen MR) is 206 cm³/mol. The zero-order chi connectivity index (χ0) is 36.6. The smallest absolute Gasteiger partial charge is 0.411 e. The van der Waals surface area contributed by atoms with Gasteiger partial charge in [0.2, 0.25) is 5.56 Å². The molecule has 0 saturated carbocycles. The fourth-order valence-electron chi connectivity index (χ4n) is 6.78. The summed E-state index contributed by atoms with van der Waals surface area (Å²) in [5, 5.41) is 28.1. The van der Waals surface area contributed by atoms with Crippen molar-refractivity contribution in [1.29, 1.82) is 0 Å². The quantitative estimate of drug-likeness (QED) is 0.0871. The largest absolute Gasteiger partial charge is 0.506 e. The molecule has 7 rings (SSSR count). The van der Waals surface area contributed by atoms with E-state index < -0.39 is 12.2 Å². The highest BCUT2D eigenvalue weighted by Crippen LogP contribution is 2.32. The van der Waals surface area contributed by atoms with E-state index in [2.05, 4.69) is 26.6 Å². The molecular weight excluding hydrogens is 668 g/mol. The van der Waals surface area contributed by atoms with E-state index in [1.54, 1.807) is 12.1 Å². The number of para-hydroxylation sites is 3. The molecule has 2 heterocycles. The number of phenols is 1. The molecule has 6 aromatic rings. The van der Waals surface area contributed by atoms with Gasteiger partial charge in [0.05, 0.1) is 17.3 Å². The second-order valence-corrected chi connectivity index (χ2v) is 13.2. The number of nitrogens with zero attached hydrogens (tertiary/aromatic N) is 1. The Hall–Kier alpha value is -5.94. The molecule has 270 valence electrons. The van der Waals surface area contributed by atoms with Crippen LogP contribution in [0.15, 0.2) is 132 Å². The number of aliphatic hydroxyl groups excluding tert-OH is 1. The van der Waals surface area contributed by atoms with Gasteiger partial charge in [-0.2, -0.15) is 0 Å². The number of aromatic nitrogens is 1. The maximum Gasteiger partial charge on any atom is 0.411 e. The van der Waals surface area contributed by atoms with E-state index >= 15 is 0 Å². The Bertz CT molecular complexity index is 2230. The van der Waals surface area contributed by atoms with E-state index in [1.807, 2.05) is 97.1 Å². The minimum absolute atomic E-state index is 0.0481. The molecule has 0 bridgehead atoms. The van der Waals surface area contributed by atoms with Gasteiger partial charge in [0.1, 0.15) is 23.4 Å². The number of aliphatic hydroxyl groups is 1. The maximum atomic E-state index is 12.9. The first-order valence-electron chi connectivity index (χ1n) is 17.8. The number of carbonyl (C=O) groups is 1. The average Bonchev–Trinajstić information content (AvgIpc) is 3.18. The van der Waals surface area contributed by atoms with Gasteiger partial charge >= 0.3 is 6.09 Å². The molecule has 1 aliphatic heterocycles. The standard InChI is InChI=1S/C43H42N4O6/c48-37-20-18-34(35-19-21-41(50)46-42(35)37)38(49)27-44-26-30-12-4-8-16-39(30)53-40-17-9-5-13-31(40)28-47-24-22-32(23-25-47)52-43(51)45-36-15-7-6-14-33(36)29-10-2-1-3-11-29/h1-21,32,38,44,48-49H,22-28H2,(H,45,51)(H,46,50)/t38-/m0/s1. The maximum absolute atomic E-state index is 12.9. The Morgan fingerprint density at radius 1 is 0.811 bits per heavy atom. The molecule has 1 fully saturated rings. The lowest BCUT2D eigenvalue weighted by atomic mass is 10.0. The molecule has 1 aliphatic rings. The van der Waals surface area contributed by atoms with Gasteiger partial charge in [0, 0.05) is 60.9 Å². The van der Waals surface area contributed by atoms with Gasteiger partial charge < -0.3 is 30.0 Å². The highest BCUT2D eigenvalue weighted by Gasteiger charge is 2.24. The molecule has 0 spiro atoms. The minimum atomic E-state index is -0.877. The van der Waals surface area contributed by atoms with Crippen LogP contribution in [0.4, 0.5) is 10.5 Å². The Kier molecular flexibility index (Phi) is 11.1. The first-order chi connectivity index (χ1) is 25.9. The van der Waals surface area contributed by atoms with Gasteiger partial charge in [-0.1, -0.05) is 91.0 Å². The summed E-state index contributed by atoms with van der Waals surface area (Å²) in [5.74, 6) is 1.42. The SMILES string of the molecule is O=C(Nc1ccccc1-c1ccccc1)OC1CCN(Cc2ccccc2Oc2ccccc2CNC[C@H](O)c2ccc(O)c3[nH]c(=O)ccc23)CC1. The highest BCUT2D eigenvalue weighted by atomic mass is 16.6. The average molecular weight is 711 g/mol. The molecule has 1 aromatic heterocycles. The lowest BCUT2D eigenvalue weighted by Gasteiger charge is -2.32. The molecule has 1 atom stereocenters. The second-order valence-electron chi connectivity index (χ2n) is 13.2. The molecule has 1 amide bonds. The zero-order valence-electron chi connectivity index (χ0n) is 29.2. The van der Waals surface area contributed by atoms with E-state index in [1.165, 1.54) is 12.1 Å². The number of aromatic hydroxyl groups is 1. The molecule has 10 nitrogen and oxygen atoms in total.